The van der Waals surface area contributed by atoms with Gasteiger partial charge in [0.05, 0.1) is 6.61 Å². The van der Waals surface area contributed by atoms with Crippen molar-refractivity contribution < 1.29 is 5.11 Å². The number of nitrogens with zero attached hydrogens (tertiary/aromatic N) is 1. The van der Waals surface area contributed by atoms with E-state index in [0.29, 0.717) is 0 Å². The predicted octanol–water partition coefficient (Wildman–Crippen LogP) is 2.04. The lowest BCUT2D eigenvalue weighted by molar-refractivity contribution is 0.282. The second-order valence-corrected chi connectivity index (χ2v) is 3.17. The van der Waals surface area contributed by atoms with E-state index in [4.69, 9.17) is 5.11 Å². The van der Waals surface area contributed by atoms with E-state index < -0.39 is 0 Å². The molecule has 2 heteroatoms. The first kappa shape index (κ1) is 8.20. The van der Waals surface area contributed by atoms with Crippen LogP contribution in [0.5, 0.6) is 0 Å². The van der Waals surface area contributed by atoms with Gasteiger partial charge in [0.1, 0.15) is 0 Å². The molecule has 0 amide bonds. The molecule has 0 bridgehead atoms. The van der Waals surface area contributed by atoms with Gasteiger partial charge in [-0.3, -0.25) is 4.98 Å². The van der Waals surface area contributed by atoms with Crippen molar-refractivity contribution in [2.45, 2.75) is 13.5 Å². The van der Waals surface area contributed by atoms with E-state index in [0.717, 1.165) is 10.9 Å². The van der Waals surface area contributed by atoms with Crippen molar-refractivity contribution >= 4 is 10.8 Å². The smallest absolute Gasteiger partial charge is 0.0682 e. The van der Waals surface area contributed by atoms with Crippen LogP contribution in [0, 0.1) is 6.92 Å². The van der Waals surface area contributed by atoms with Crippen molar-refractivity contribution in [3.63, 3.8) is 0 Å². The Morgan fingerprint density at radius 2 is 2.15 bits per heavy atom. The fourth-order valence-electron chi connectivity index (χ4n) is 1.48. The van der Waals surface area contributed by atoms with Crippen LogP contribution in [0.2, 0.25) is 0 Å². The minimum atomic E-state index is 0.0872. The molecule has 0 aliphatic heterocycles. The van der Waals surface area contributed by atoms with Crippen molar-refractivity contribution in [3.05, 3.63) is 41.7 Å². The van der Waals surface area contributed by atoms with Crippen LogP contribution >= 0.6 is 0 Å². The highest BCUT2D eigenvalue weighted by molar-refractivity contribution is 5.85. The van der Waals surface area contributed by atoms with Gasteiger partial charge < -0.3 is 5.11 Å². The number of benzene rings is 1. The number of rotatable bonds is 1. The Hall–Kier alpha value is -1.41. The van der Waals surface area contributed by atoms with Gasteiger partial charge in [0.15, 0.2) is 0 Å². The second-order valence-electron chi connectivity index (χ2n) is 3.17. The van der Waals surface area contributed by atoms with Gasteiger partial charge in [-0.25, -0.2) is 0 Å². The lowest BCUT2D eigenvalue weighted by Crippen LogP contribution is -1.85. The molecule has 0 radical (unpaired) electrons. The van der Waals surface area contributed by atoms with Crippen LogP contribution in [0.3, 0.4) is 0 Å². The summed E-state index contributed by atoms with van der Waals surface area (Å²) in [5, 5.41) is 11.2. The highest BCUT2D eigenvalue weighted by Gasteiger charge is 1.97. The van der Waals surface area contributed by atoms with Crippen LogP contribution < -0.4 is 0 Å². The summed E-state index contributed by atoms with van der Waals surface area (Å²) in [7, 11) is 0. The molecule has 0 saturated heterocycles. The Morgan fingerprint density at radius 3 is 2.92 bits per heavy atom. The zero-order valence-electron chi connectivity index (χ0n) is 7.49. The lowest BCUT2D eigenvalue weighted by atomic mass is 10.1. The van der Waals surface area contributed by atoms with E-state index in [9.17, 15) is 0 Å². The van der Waals surface area contributed by atoms with Crippen LogP contribution in [0.1, 0.15) is 11.1 Å². The Labute approximate surface area is 76.9 Å². The number of pyridine rings is 1. The van der Waals surface area contributed by atoms with Gasteiger partial charge in [0.25, 0.3) is 0 Å². The Morgan fingerprint density at radius 1 is 1.31 bits per heavy atom. The second kappa shape index (κ2) is 3.15. The van der Waals surface area contributed by atoms with Gasteiger partial charge in [-0.2, -0.15) is 0 Å². The summed E-state index contributed by atoms with van der Waals surface area (Å²) in [6, 6.07) is 5.93. The van der Waals surface area contributed by atoms with Gasteiger partial charge in [-0.1, -0.05) is 12.1 Å². The number of aromatic nitrogens is 1. The van der Waals surface area contributed by atoms with E-state index in [1.165, 1.54) is 10.9 Å². The molecule has 13 heavy (non-hydrogen) atoms. The van der Waals surface area contributed by atoms with Crippen LogP contribution in [0.15, 0.2) is 30.6 Å². The average Bonchev–Trinajstić information content (AvgIpc) is 2.18. The standard InChI is InChI=1S/C11H11NO/c1-8-5-12-6-10-4-9(7-13)2-3-11(8)10/h2-6,13H,7H2,1H3. The molecule has 66 valence electrons. The monoisotopic (exact) mass is 173 g/mol. The fourth-order valence-corrected chi connectivity index (χ4v) is 1.48. The van der Waals surface area contributed by atoms with Crippen LogP contribution in [-0.4, -0.2) is 10.1 Å². The van der Waals surface area contributed by atoms with Crippen LogP contribution in [0.4, 0.5) is 0 Å². The first-order chi connectivity index (χ1) is 6.31. The van der Waals surface area contributed by atoms with E-state index in [1.807, 2.05) is 37.5 Å². The van der Waals surface area contributed by atoms with Crippen molar-refractivity contribution in [1.29, 1.82) is 0 Å². The maximum Gasteiger partial charge on any atom is 0.0682 e. The van der Waals surface area contributed by atoms with Gasteiger partial charge in [-0.15, -0.1) is 0 Å². The van der Waals surface area contributed by atoms with Gasteiger partial charge >= 0.3 is 0 Å². The molecule has 0 aliphatic rings. The van der Waals surface area contributed by atoms with E-state index in [2.05, 4.69) is 4.98 Å². The van der Waals surface area contributed by atoms with Gasteiger partial charge in [0.2, 0.25) is 0 Å². The third-order valence-electron chi connectivity index (χ3n) is 2.21. The quantitative estimate of drug-likeness (QED) is 0.715. The maximum absolute atomic E-state index is 8.95. The molecule has 0 atom stereocenters. The summed E-state index contributed by atoms with van der Waals surface area (Å²) in [5.74, 6) is 0. The highest BCUT2D eigenvalue weighted by Crippen LogP contribution is 2.18. The van der Waals surface area contributed by atoms with Crippen molar-refractivity contribution in [2.24, 2.45) is 0 Å². The van der Waals surface area contributed by atoms with Gasteiger partial charge in [0, 0.05) is 17.8 Å². The lowest BCUT2D eigenvalue weighted by Gasteiger charge is -2.02. The molecule has 1 aromatic carbocycles. The molecular formula is C11H11NO. The molecule has 1 heterocycles. The summed E-state index contributed by atoms with van der Waals surface area (Å²) in [5.41, 5.74) is 2.10. The number of aliphatic hydroxyl groups excluding tert-OH is 1. The summed E-state index contributed by atoms with van der Waals surface area (Å²) in [6.07, 6.45) is 3.67. The predicted molar refractivity (Wildman–Crippen MR) is 52.4 cm³/mol. The minimum absolute atomic E-state index is 0.0872. The van der Waals surface area contributed by atoms with Crippen molar-refractivity contribution in [3.8, 4) is 0 Å². The van der Waals surface area contributed by atoms with Crippen molar-refractivity contribution in [1.82, 2.24) is 4.98 Å². The summed E-state index contributed by atoms with van der Waals surface area (Å²) < 4.78 is 0. The zero-order chi connectivity index (χ0) is 9.26. The molecule has 0 spiro atoms. The van der Waals surface area contributed by atoms with E-state index >= 15 is 0 Å². The third-order valence-corrected chi connectivity index (χ3v) is 2.21. The molecule has 0 aliphatic carbocycles. The van der Waals surface area contributed by atoms with Gasteiger partial charge in [-0.05, 0) is 29.5 Å². The first-order valence-corrected chi connectivity index (χ1v) is 4.25. The molecule has 1 aromatic heterocycles. The SMILES string of the molecule is Cc1cncc2cc(CO)ccc12. The fraction of sp³-hybridized carbons (Fsp3) is 0.182. The Balaban J connectivity index is 2.72. The Bertz CT molecular complexity index is 437. The number of aryl methyl sites for hydroxylation is 1. The number of hydrogen-bond donors (Lipinski definition) is 1. The van der Waals surface area contributed by atoms with E-state index in [-0.39, 0.29) is 6.61 Å². The Kier molecular flexibility index (Phi) is 1.99. The molecule has 2 aromatic rings. The average molecular weight is 173 g/mol. The largest absolute Gasteiger partial charge is 0.392 e. The third kappa shape index (κ3) is 1.40. The molecule has 0 unspecified atom stereocenters. The molecular weight excluding hydrogens is 162 g/mol. The van der Waals surface area contributed by atoms with E-state index in [1.54, 1.807) is 0 Å². The first-order valence-electron chi connectivity index (χ1n) is 4.25. The number of hydrogen-bond acceptors (Lipinski definition) is 2. The highest BCUT2D eigenvalue weighted by atomic mass is 16.3. The molecule has 0 fully saturated rings. The molecule has 0 saturated carbocycles. The van der Waals surface area contributed by atoms with Crippen molar-refractivity contribution in [2.75, 3.05) is 0 Å². The molecule has 2 rings (SSSR count). The van der Waals surface area contributed by atoms with Crippen LogP contribution in [-0.2, 0) is 6.61 Å². The topological polar surface area (TPSA) is 33.1 Å². The number of fused-ring (bicyclic) bond motifs is 1. The summed E-state index contributed by atoms with van der Waals surface area (Å²) >= 11 is 0. The maximum atomic E-state index is 8.95. The molecule has 1 N–H and O–H groups in total. The minimum Gasteiger partial charge on any atom is -0.392 e. The summed E-state index contributed by atoms with van der Waals surface area (Å²) in [4.78, 5) is 4.11. The zero-order valence-corrected chi connectivity index (χ0v) is 7.49. The molecule has 2 nitrogen and oxygen atoms in total. The number of aliphatic hydroxyl groups is 1. The van der Waals surface area contributed by atoms with Crippen LogP contribution in [0.25, 0.3) is 10.8 Å². The summed E-state index contributed by atoms with van der Waals surface area (Å²) in [6.45, 7) is 2.12. The normalized spacial score (nSPS) is 10.6.